The molecule has 1 fully saturated rings. The summed E-state index contributed by atoms with van der Waals surface area (Å²) in [7, 11) is 1.64. The average molecular weight is 412 g/mol. The lowest BCUT2D eigenvalue weighted by molar-refractivity contribution is -0.158. The van der Waals surface area contributed by atoms with Crippen molar-refractivity contribution < 1.29 is 23.8 Å². The molecule has 30 heavy (non-hydrogen) atoms. The Kier molecular flexibility index (Phi) is 7.54. The van der Waals surface area contributed by atoms with Gasteiger partial charge in [0.2, 0.25) is 0 Å². The zero-order chi connectivity index (χ0) is 21.3. The number of benzene rings is 2. The number of nitrogens with zero attached hydrogens (tertiary/aromatic N) is 2. The normalized spacial score (nSPS) is 14.7. The third-order valence-corrected chi connectivity index (χ3v) is 5.06. The first-order valence-electron chi connectivity index (χ1n) is 10.2. The lowest BCUT2D eigenvalue weighted by atomic mass is 10.2. The Morgan fingerprint density at radius 3 is 2.20 bits per heavy atom. The average Bonchev–Trinajstić information content (AvgIpc) is 2.81. The van der Waals surface area contributed by atoms with Crippen LogP contribution in [0.5, 0.6) is 11.5 Å². The summed E-state index contributed by atoms with van der Waals surface area (Å²) >= 11 is 0. The minimum Gasteiger partial charge on any atom is -0.497 e. The lowest BCUT2D eigenvalue weighted by Crippen LogP contribution is -2.50. The number of para-hydroxylation sites is 1. The number of piperazine rings is 1. The molecule has 160 valence electrons. The van der Waals surface area contributed by atoms with Gasteiger partial charge in [0.25, 0.3) is 5.91 Å². The summed E-state index contributed by atoms with van der Waals surface area (Å²) in [5.41, 5.74) is 1.10. The zero-order valence-electron chi connectivity index (χ0n) is 17.5. The van der Waals surface area contributed by atoms with E-state index in [2.05, 4.69) is 4.90 Å². The fourth-order valence-electron chi connectivity index (χ4n) is 3.29. The molecule has 1 amide bonds. The predicted octanol–water partition coefficient (Wildman–Crippen LogP) is 2.74. The molecular weight excluding hydrogens is 384 g/mol. The largest absolute Gasteiger partial charge is 0.497 e. The van der Waals surface area contributed by atoms with Crippen LogP contribution in [0, 0.1) is 0 Å². The van der Waals surface area contributed by atoms with Crippen molar-refractivity contribution in [2.24, 2.45) is 0 Å². The highest BCUT2D eigenvalue weighted by Crippen LogP contribution is 2.20. The topological polar surface area (TPSA) is 68.3 Å². The van der Waals surface area contributed by atoms with Gasteiger partial charge in [0.1, 0.15) is 11.5 Å². The van der Waals surface area contributed by atoms with Crippen molar-refractivity contribution in [1.29, 1.82) is 0 Å². The first kappa shape index (κ1) is 21.5. The highest BCUT2D eigenvalue weighted by Gasteiger charge is 2.25. The highest BCUT2D eigenvalue weighted by molar-refractivity contribution is 5.82. The fraction of sp³-hybridized carbons (Fsp3) is 0.391. The van der Waals surface area contributed by atoms with Crippen molar-refractivity contribution in [3.63, 3.8) is 0 Å². The first-order valence-corrected chi connectivity index (χ1v) is 10.2. The van der Waals surface area contributed by atoms with Crippen LogP contribution in [-0.4, -0.2) is 62.8 Å². The number of methoxy groups -OCH3 is 1. The Bertz CT molecular complexity index is 817. The van der Waals surface area contributed by atoms with E-state index in [1.807, 2.05) is 49.4 Å². The van der Waals surface area contributed by atoms with Crippen LogP contribution in [0.25, 0.3) is 0 Å². The molecule has 2 aromatic carbocycles. The molecule has 0 unspecified atom stereocenters. The molecule has 1 saturated heterocycles. The van der Waals surface area contributed by atoms with Gasteiger partial charge in [-0.05, 0) is 42.8 Å². The molecule has 1 heterocycles. The highest BCUT2D eigenvalue weighted by atomic mass is 16.6. The van der Waals surface area contributed by atoms with E-state index in [1.165, 1.54) is 0 Å². The number of hydrogen-bond acceptors (Lipinski definition) is 6. The Labute approximate surface area is 177 Å². The number of rotatable bonds is 8. The van der Waals surface area contributed by atoms with E-state index in [-0.39, 0.29) is 12.5 Å². The molecule has 0 aromatic heterocycles. The Morgan fingerprint density at radius 2 is 1.60 bits per heavy atom. The Balaban J connectivity index is 1.44. The van der Waals surface area contributed by atoms with Gasteiger partial charge in [-0.3, -0.25) is 4.79 Å². The molecule has 1 aliphatic heterocycles. The van der Waals surface area contributed by atoms with Crippen molar-refractivity contribution in [2.75, 3.05) is 44.8 Å². The summed E-state index contributed by atoms with van der Waals surface area (Å²) < 4.78 is 16.1. The summed E-state index contributed by atoms with van der Waals surface area (Å²) in [5.74, 6) is 0.706. The van der Waals surface area contributed by atoms with E-state index in [9.17, 15) is 9.59 Å². The fourth-order valence-corrected chi connectivity index (χ4v) is 3.29. The molecule has 1 atom stereocenters. The number of anilines is 1. The van der Waals surface area contributed by atoms with Gasteiger partial charge in [0.05, 0.1) is 7.11 Å². The van der Waals surface area contributed by atoms with Gasteiger partial charge in [-0.15, -0.1) is 0 Å². The molecule has 0 saturated carbocycles. The van der Waals surface area contributed by atoms with Crippen LogP contribution < -0.4 is 14.4 Å². The smallest absolute Gasteiger partial charge is 0.347 e. The molecule has 3 rings (SSSR count). The SMILES string of the molecule is CC[C@@H](Oc1ccccc1)C(=O)OCC(=O)N1CCN(c2ccc(OC)cc2)CC1. The van der Waals surface area contributed by atoms with E-state index in [1.54, 1.807) is 24.1 Å². The molecule has 0 N–H and O–H groups in total. The zero-order valence-corrected chi connectivity index (χ0v) is 17.5. The van der Waals surface area contributed by atoms with Crippen molar-refractivity contribution in [3.8, 4) is 11.5 Å². The molecule has 1 aliphatic rings. The van der Waals surface area contributed by atoms with Gasteiger partial charge in [-0.2, -0.15) is 0 Å². The van der Waals surface area contributed by atoms with Crippen LogP contribution in [0.2, 0.25) is 0 Å². The maximum absolute atomic E-state index is 12.5. The monoisotopic (exact) mass is 412 g/mol. The van der Waals surface area contributed by atoms with Crippen LogP contribution in [-0.2, 0) is 14.3 Å². The van der Waals surface area contributed by atoms with Gasteiger partial charge in [0, 0.05) is 31.9 Å². The van der Waals surface area contributed by atoms with Gasteiger partial charge in [-0.25, -0.2) is 4.79 Å². The summed E-state index contributed by atoms with van der Waals surface area (Å²) in [6.45, 7) is 4.19. The van der Waals surface area contributed by atoms with Gasteiger partial charge in [0.15, 0.2) is 12.7 Å². The van der Waals surface area contributed by atoms with Gasteiger partial charge >= 0.3 is 5.97 Å². The molecule has 0 radical (unpaired) electrons. The van der Waals surface area contributed by atoms with Crippen LogP contribution >= 0.6 is 0 Å². The number of carbonyl (C=O) groups excluding carboxylic acids is 2. The summed E-state index contributed by atoms with van der Waals surface area (Å²) in [5, 5.41) is 0. The predicted molar refractivity (Wildman–Crippen MR) is 114 cm³/mol. The molecule has 7 heteroatoms. The summed E-state index contributed by atoms with van der Waals surface area (Å²) in [4.78, 5) is 28.7. The van der Waals surface area contributed by atoms with E-state index in [4.69, 9.17) is 14.2 Å². The van der Waals surface area contributed by atoms with Crippen LogP contribution in [0.3, 0.4) is 0 Å². The van der Waals surface area contributed by atoms with Crippen molar-refractivity contribution in [3.05, 3.63) is 54.6 Å². The number of amides is 1. The van der Waals surface area contributed by atoms with Crippen molar-refractivity contribution >= 4 is 17.6 Å². The Hall–Kier alpha value is -3.22. The maximum atomic E-state index is 12.5. The van der Waals surface area contributed by atoms with Crippen molar-refractivity contribution in [1.82, 2.24) is 4.90 Å². The molecule has 2 aromatic rings. The molecule has 0 aliphatic carbocycles. The first-order chi connectivity index (χ1) is 14.6. The van der Waals surface area contributed by atoms with Crippen LogP contribution in [0.15, 0.2) is 54.6 Å². The van der Waals surface area contributed by atoms with E-state index in [0.717, 1.165) is 24.5 Å². The quantitative estimate of drug-likeness (QED) is 0.621. The summed E-state index contributed by atoms with van der Waals surface area (Å²) in [6.07, 6.45) is -0.269. The minimum atomic E-state index is -0.730. The maximum Gasteiger partial charge on any atom is 0.347 e. The number of hydrogen-bond donors (Lipinski definition) is 0. The Morgan fingerprint density at radius 1 is 0.933 bits per heavy atom. The van der Waals surface area contributed by atoms with Gasteiger partial charge < -0.3 is 24.0 Å². The standard InChI is InChI=1S/C23H28N2O5/c1-3-21(30-20-7-5-4-6-8-20)23(27)29-17-22(26)25-15-13-24(14-16-25)18-9-11-19(28-2)12-10-18/h4-12,21H,3,13-17H2,1-2H3/t21-/m1/s1. The van der Waals surface area contributed by atoms with Crippen LogP contribution in [0.1, 0.15) is 13.3 Å². The lowest BCUT2D eigenvalue weighted by Gasteiger charge is -2.36. The second-order valence-corrected chi connectivity index (χ2v) is 7.00. The van der Waals surface area contributed by atoms with Crippen LogP contribution in [0.4, 0.5) is 5.69 Å². The van der Waals surface area contributed by atoms with E-state index >= 15 is 0 Å². The second kappa shape index (κ2) is 10.5. The number of ether oxygens (including phenoxy) is 3. The second-order valence-electron chi connectivity index (χ2n) is 7.00. The number of esters is 1. The molecule has 0 spiro atoms. The molecule has 0 bridgehead atoms. The molecular formula is C23H28N2O5. The van der Waals surface area contributed by atoms with Gasteiger partial charge in [-0.1, -0.05) is 25.1 Å². The van der Waals surface area contributed by atoms with Crippen molar-refractivity contribution in [2.45, 2.75) is 19.4 Å². The summed E-state index contributed by atoms with van der Waals surface area (Å²) in [6, 6.07) is 17.0. The van der Waals surface area contributed by atoms with E-state index in [0.29, 0.717) is 25.3 Å². The number of carbonyl (C=O) groups is 2. The minimum absolute atomic E-state index is 0.188. The van der Waals surface area contributed by atoms with E-state index < -0.39 is 12.1 Å². The third kappa shape index (κ3) is 5.65. The molecule has 7 nitrogen and oxygen atoms in total. The third-order valence-electron chi connectivity index (χ3n) is 5.06.